The third-order valence-electron chi connectivity index (χ3n) is 3.99. The van der Waals surface area contributed by atoms with Crippen molar-refractivity contribution in [1.82, 2.24) is 4.98 Å². The minimum Gasteiger partial charge on any atom is -0.493 e. The Kier molecular flexibility index (Phi) is 5.28. The van der Waals surface area contributed by atoms with E-state index in [1.165, 1.54) is 0 Å². The van der Waals surface area contributed by atoms with Gasteiger partial charge in [0.1, 0.15) is 11.5 Å². The summed E-state index contributed by atoms with van der Waals surface area (Å²) in [6, 6.07) is 10.3. The number of nitrogens with zero attached hydrogens (tertiary/aromatic N) is 1. The first-order valence-corrected chi connectivity index (χ1v) is 8.46. The molecule has 6 heteroatoms. The number of Topliss-reactive ketones (excluding diaryl/α,β-unsaturated/α-hetero) is 1. The lowest BCUT2D eigenvalue weighted by Gasteiger charge is -2.14. The van der Waals surface area contributed by atoms with Crippen LogP contribution in [0, 0.1) is 0 Å². The molecule has 0 bridgehead atoms. The van der Waals surface area contributed by atoms with Gasteiger partial charge in [-0.2, -0.15) is 0 Å². The van der Waals surface area contributed by atoms with Gasteiger partial charge < -0.3 is 14.2 Å². The van der Waals surface area contributed by atoms with Gasteiger partial charge in [0, 0.05) is 29.1 Å². The first-order chi connectivity index (χ1) is 12.6. The van der Waals surface area contributed by atoms with Crippen LogP contribution in [0.3, 0.4) is 0 Å². The van der Waals surface area contributed by atoms with E-state index >= 15 is 0 Å². The quantitative estimate of drug-likeness (QED) is 0.551. The molecule has 0 aliphatic heterocycles. The lowest BCUT2D eigenvalue weighted by molar-refractivity contribution is 0.0986. The second-order valence-electron chi connectivity index (χ2n) is 5.55. The zero-order chi connectivity index (χ0) is 18.7. The first kappa shape index (κ1) is 18.0. The molecule has 0 atom stereocenters. The molecule has 0 aliphatic carbocycles. The van der Waals surface area contributed by atoms with Crippen LogP contribution in [0.4, 0.5) is 0 Å². The topological polar surface area (TPSA) is 57.7 Å². The predicted octanol–water partition coefficient (Wildman–Crippen LogP) is 5.29. The summed E-state index contributed by atoms with van der Waals surface area (Å²) in [6.07, 6.45) is 2.00. The molecule has 5 nitrogen and oxygen atoms in total. The van der Waals surface area contributed by atoms with Crippen LogP contribution >= 0.6 is 11.6 Å². The second-order valence-corrected chi connectivity index (χ2v) is 5.99. The van der Waals surface area contributed by atoms with Crippen LogP contribution in [0.25, 0.3) is 10.9 Å². The molecule has 0 amide bonds. The summed E-state index contributed by atoms with van der Waals surface area (Å²) in [7, 11) is 3.14. The van der Waals surface area contributed by atoms with E-state index in [0.29, 0.717) is 45.5 Å². The van der Waals surface area contributed by atoms with Gasteiger partial charge in [-0.1, -0.05) is 18.5 Å². The molecule has 0 fully saturated rings. The summed E-state index contributed by atoms with van der Waals surface area (Å²) >= 11 is 6.04. The third kappa shape index (κ3) is 3.44. The van der Waals surface area contributed by atoms with Crippen LogP contribution in [0.5, 0.6) is 23.0 Å². The molecule has 134 valence electrons. The lowest BCUT2D eigenvalue weighted by atomic mass is 10.1. The predicted molar refractivity (Wildman–Crippen MR) is 101 cm³/mol. The zero-order valence-corrected chi connectivity index (χ0v) is 15.5. The summed E-state index contributed by atoms with van der Waals surface area (Å²) < 4.78 is 16.7. The molecular weight excluding hydrogens is 354 g/mol. The number of hydrogen-bond acceptors (Lipinski definition) is 5. The average molecular weight is 372 g/mol. The van der Waals surface area contributed by atoms with E-state index in [1.807, 2.05) is 0 Å². The van der Waals surface area contributed by atoms with E-state index < -0.39 is 0 Å². The number of carbonyl (C=O) groups is 1. The Morgan fingerprint density at radius 3 is 2.42 bits per heavy atom. The summed E-state index contributed by atoms with van der Waals surface area (Å²) in [5.41, 5.74) is 1.14. The number of carbonyl (C=O) groups excluding carboxylic acids is 1. The molecule has 2 aromatic carbocycles. The Balaban J connectivity index is 2.11. The van der Waals surface area contributed by atoms with Gasteiger partial charge >= 0.3 is 0 Å². The summed E-state index contributed by atoms with van der Waals surface area (Å²) in [4.78, 5) is 16.6. The van der Waals surface area contributed by atoms with E-state index in [4.69, 9.17) is 25.8 Å². The van der Waals surface area contributed by atoms with Gasteiger partial charge in [0.05, 0.1) is 25.3 Å². The minimum atomic E-state index is -0.0416. The van der Waals surface area contributed by atoms with Gasteiger partial charge in [0.25, 0.3) is 0 Å². The van der Waals surface area contributed by atoms with Crippen molar-refractivity contribution in [2.75, 3.05) is 14.2 Å². The molecule has 3 aromatic rings. The Labute approximate surface area is 156 Å². The highest BCUT2D eigenvalue weighted by Crippen LogP contribution is 2.38. The molecule has 26 heavy (non-hydrogen) atoms. The van der Waals surface area contributed by atoms with Crippen LogP contribution in [-0.4, -0.2) is 25.0 Å². The fourth-order valence-corrected chi connectivity index (χ4v) is 2.83. The third-order valence-corrected chi connectivity index (χ3v) is 4.23. The van der Waals surface area contributed by atoms with Crippen molar-refractivity contribution in [2.45, 2.75) is 13.3 Å². The number of hydrogen-bond donors (Lipinski definition) is 0. The molecule has 3 rings (SSSR count). The molecule has 0 radical (unpaired) electrons. The second kappa shape index (κ2) is 7.62. The van der Waals surface area contributed by atoms with Crippen molar-refractivity contribution in [3.63, 3.8) is 0 Å². The van der Waals surface area contributed by atoms with Gasteiger partial charge in [0.2, 0.25) is 0 Å². The van der Waals surface area contributed by atoms with Crippen molar-refractivity contribution in [3.05, 3.63) is 53.2 Å². The highest BCUT2D eigenvalue weighted by Gasteiger charge is 2.15. The highest BCUT2D eigenvalue weighted by atomic mass is 35.5. The maximum atomic E-state index is 12.2. The molecule has 1 heterocycles. The van der Waals surface area contributed by atoms with Crippen molar-refractivity contribution >= 4 is 28.3 Å². The maximum Gasteiger partial charge on any atom is 0.166 e. The Hall–Kier alpha value is -2.79. The summed E-state index contributed by atoms with van der Waals surface area (Å²) in [5.74, 6) is 2.11. The SMILES string of the molecule is CCC(=O)c1cc(Cl)ccc1Oc1ccnc2cc(OC)c(OC)cc12. The molecule has 0 spiro atoms. The molecule has 1 aromatic heterocycles. The smallest absolute Gasteiger partial charge is 0.166 e. The standard InChI is InChI=1S/C20H18ClNO4/c1-4-16(23)14-9-12(21)5-6-17(14)26-18-7-8-22-15-11-20(25-3)19(24-2)10-13(15)18/h5-11H,4H2,1-3H3. The molecule has 0 saturated heterocycles. The van der Waals surface area contributed by atoms with Gasteiger partial charge in [-0.3, -0.25) is 9.78 Å². The van der Waals surface area contributed by atoms with Crippen molar-refractivity contribution < 1.29 is 19.0 Å². The summed E-state index contributed by atoms with van der Waals surface area (Å²) in [5, 5.41) is 1.23. The number of pyridine rings is 1. The van der Waals surface area contributed by atoms with Crippen LogP contribution in [0.1, 0.15) is 23.7 Å². The van der Waals surface area contributed by atoms with Gasteiger partial charge in [-0.25, -0.2) is 0 Å². The van der Waals surface area contributed by atoms with Crippen LogP contribution in [0.15, 0.2) is 42.6 Å². The van der Waals surface area contributed by atoms with Crippen molar-refractivity contribution in [1.29, 1.82) is 0 Å². The minimum absolute atomic E-state index is 0.0416. The Morgan fingerprint density at radius 2 is 1.73 bits per heavy atom. The van der Waals surface area contributed by atoms with E-state index in [-0.39, 0.29) is 5.78 Å². The number of rotatable bonds is 6. The fourth-order valence-electron chi connectivity index (χ4n) is 2.65. The maximum absolute atomic E-state index is 12.2. The first-order valence-electron chi connectivity index (χ1n) is 8.08. The fraction of sp³-hybridized carbons (Fsp3) is 0.200. The number of ether oxygens (including phenoxy) is 3. The van der Waals surface area contributed by atoms with E-state index in [2.05, 4.69) is 4.98 Å². The lowest BCUT2D eigenvalue weighted by Crippen LogP contribution is -2.00. The highest BCUT2D eigenvalue weighted by molar-refractivity contribution is 6.31. The number of halogens is 1. The number of ketones is 1. The van der Waals surface area contributed by atoms with Gasteiger partial charge in [-0.05, 0) is 30.3 Å². The summed E-state index contributed by atoms with van der Waals surface area (Å²) in [6.45, 7) is 1.80. The van der Waals surface area contributed by atoms with Crippen LogP contribution in [-0.2, 0) is 0 Å². The Bertz CT molecular complexity index is 971. The van der Waals surface area contributed by atoms with Gasteiger partial charge in [0.15, 0.2) is 17.3 Å². The van der Waals surface area contributed by atoms with E-state index in [9.17, 15) is 4.79 Å². The monoisotopic (exact) mass is 371 g/mol. The average Bonchev–Trinajstić information content (AvgIpc) is 2.67. The van der Waals surface area contributed by atoms with Crippen LogP contribution in [0.2, 0.25) is 5.02 Å². The normalized spacial score (nSPS) is 10.6. The van der Waals surface area contributed by atoms with Gasteiger partial charge in [-0.15, -0.1) is 0 Å². The van der Waals surface area contributed by atoms with Crippen LogP contribution < -0.4 is 14.2 Å². The Morgan fingerprint density at radius 1 is 1.00 bits per heavy atom. The van der Waals surface area contributed by atoms with Crippen molar-refractivity contribution in [3.8, 4) is 23.0 Å². The number of aromatic nitrogens is 1. The number of methoxy groups -OCH3 is 2. The number of fused-ring (bicyclic) bond motifs is 1. The molecule has 0 aliphatic rings. The van der Waals surface area contributed by atoms with E-state index in [0.717, 1.165) is 5.39 Å². The molecular formula is C20H18ClNO4. The van der Waals surface area contributed by atoms with Crippen molar-refractivity contribution in [2.24, 2.45) is 0 Å². The zero-order valence-electron chi connectivity index (χ0n) is 14.7. The van der Waals surface area contributed by atoms with E-state index in [1.54, 1.807) is 63.7 Å². The largest absolute Gasteiger partial charge is 0.493 e. The molecule has 0 saturated carbocycles. The molecule has 0 N–H and O–H groups in total. The number of benzene rings is 2. The molecule has 0 unspecified atom stereocenters.